The molecule has 1 amide bonds. The lowest BCUT2D eigenvalue weighted by Crippen LogP contribution is -2.30. The minimum absolute atomic E-state index is 0.235. The molecule has 0 aliphatic heterocycles. The number of hydrogen-bond donors (Lipinski definition) is 1. The molecule has 0 unspecified atom stereocenters. The van der Waals surface area contributed by atoms with E-state index in [0.29, 0.717) is 5.56 Å². The van der Waals surface area contributed by atoms with E-state index in [1.807, 2.05) is 0 Å². The summed E-state index contributed by atoms with van der Waals surface area (Å²) < 4.78 is 34.2. The molecule has 1 atom stereocenters. The molecule has 6 nitrogen and oxygen atoms in total. The summed E-state index contributed by atoms with van der Waals surface area (Å²) in [7, 11) is 0. The number of benzene rings is 2. The van der Waals surface area contributed by atoms with E-state index in [1.54, 1.807) is 18.2 Å². The van der Waals surface area contributed by atoms with Crippen molar-refractivity contribution in [1.29, 1.82) is 0 Å². The quantitative estimate of drug-likeness (QED) is 0.588. The number of rotatable bonds is 7. The van der Waals surface area contributed by atoms with Crippen molar-refractivity contribution in [3.8, 4) is 5.75 Å². The number of Topliss-reactive ketones (excluding diaryl/α,β-unsaturated/α-hetero) is 1. The molecule has 0 aromatic heterocycles. The van der Waals surface area contributed by atoms with Gasteiger partial charge in [-0.05, 0) is 38.1 Å². The van der Waals surface area contributed by atoms with Gasteiger partial charge < -0.3 is 14.8 Å². The van der Waals surface area contributed by atoms with Crippen molar-refractivity contribution in [3.05, 3.63) is 59.7 Å². The van der Waals surface area contributed by atoms with Crippen molar-refractivity contribution < 1.29 is 32.6 Å². The van der Waals surface area contributed by atoms with Crippen LogP contribution < -0.4 is 10.1 Å². The normalized spacial score (nSPS) is 11.6. The Kier molecular flexibility index (Phi) is 6.59. The molecule has 0 fully saturated rings. The van der Waals surface area contributed by atoms with Gasteiger partial charge in [-0.15, -0.1) is 0 Å². The summed E-state index contributed by atoms with van der Waals surface area (Å²) in [6.45, 7) is -0.433. The van der Waals surface area contributed by atoms with E-state index >= 15 is 0 Å². The second-order valence-corrected chi connectivity index (χ2v) is 5.51. The fourth-order valence-corrected chi connectivity index (χ4v) is 2.25. The van der Waals surface area contributed by atoms with Crippen LogP contribution in [-0.2, 0) is 9.53 Å². The second-order valence-electron chi connectivity index (χ2n) is 5.51. The van der Waals surface area contributed by atoms with Crippen molar-refractivity contribution in [2.75, 3.05) is 5.32 Å². The van der Waals surface area contributed by atoms with E-state index in [2.05, 4.69) is 10.1 Å². The van der Waals surface area contributed by atoms with Crippen LogP contribution in [0, 0.1) is 0 Å². The number of esters is 1. The van der Waals surface area contributed by atoms with Gasteiger partial charge in [0.1, 0.15) is 11.3 Å². The third-order valence-electron chi connectivity index (χ3n) is 3.54. The lowest BCUT2D eigenvalue weighted by atomic mass is 10.1. The average molecular weight is 377 g/mol. The molecule has 0 saturated heterocycles. The van der Waals surface area contributed by atoms with Gasteiger partial charge in [-0.2, -0.15) is 8.78 Å². The van der Waals surface area contributed by atoms with Crippen LogP contribution in [0.2, 0.25) is 0 Å². The Morgan fingerprint density at radius 3 is 2.19 bits per heavy atom. The maximum atomic E-state index is 12.4. The molecule has 0 spiro atoms. The first kappa shape index (κ1) is 20.0. The Morgan fingerprint density at radius 2 is 1.56 bits per heavy atom. The molecule has 2 rings (SSSR count). The molecule has 0 radical (unpaired) electrons. The molecule has 0 heterocycles. The first-order valence-electron chi connectivity index (χ1n) is 7.95. The molecule has 0 bridgehead atoms. The topological polar surface area (TPSA) is 81.7 Å². The largest absolute Gasteiger partial charge is 0.449 e. The first-order chi connectivity index (χ1) is 12.8. The molecule has 8 heteroatoms. The number of carbonyl (C=O) groups excluding carboxylic acids is 3. The van der Waals surface area contributed by atoms with Gasteiger partial charge in [0.05, 0.1) is 5.69 Å². The van der Waals surface area contributed by atoms with E-state index in [1.165, 1.54) is 44.2 Å². The van der Waals surface area contributed by atoms with Crippen LogP contribution >= 0.6 is 0 Å². The minimum atomic E-state index is -3.11. The molecule has 2 aromatic carbocycles. The van der Waals surface area contributed by atoms with Crippen LogP contribution in [0.3, 0.4) is 0 Å². The van der Waals surface area contributed by atoms with Gasteiger partial charge in [-0.1, -0.05) is 24.3 Å². The molecular weight excluding hydrogens is 360 g/mol. The van der Waals surface area contributed by atoms with Crippen LogP contribution in [-0.4, -0.2) is 30.4 Å². The first-order valence-corrected chi connectivity index (χ1v) is 7.95. The van der Waals surface area contributed by atoms with Gasteiger partial charge in [0.2, 0.25) is 0 Å². The summed E-state index contributed by atoms with van der Waals surface area (Å²) in [5.74, 6) is -2.27. The SMILES string of the molecule is CC(=O)c1ccccc1NC(=O)[C@H](C)OC(=O)c1ccccc1OC(F)F. The van der Waals surface area contributed by atoms with Crippen molar-refractivity contribution >= 4 is 23.3 Å². The summed E-state index contributed by atoms with van der Waals surface area (Å²) in [4.78, 5) is 36.1. The monoisotopic (exact) mass is 377 g/mol. The van der Waals surface area contributed by atoms with Crippen LogP contribution in [0.15, 0.2) is 48.5 Å². The molecular formula is C19H17F2NO5. The Morgan fingerprint density at radius 1 is 0.963 bits per heavy atom. The van der Waals surface area contributed by atoms with E-state index < -0.39 is 24.6 Å². The van der Waals surface area contributed by atoms with Crippen LogP contribution in [0.5, 0.6) is 5.75 Å². The molecule has 0 aliphatic rings. The highest BCUT2D eigenvalue weighted by atomic mass is 19.3. The summed E-state index contributed by atoms with van der Waals surface area (Å²) in [5.41, 5.74) is 0.348. The van der Waals surface area contributed by atoms with Gasteiger partial charge in [-0.25, -0.2) is 4.79 Å². The second kappa shape index (κ2) is 8.88. The predicted octanol–water partition coefficient (Wildman–Crippen LogP) is 3.67. The van der Waals surface area contributed by atoms with Gasteiger partial charge in [-0.3, -0.25) is 9.59 Å². The smallest absolute Gasteiger partial charge is 0.387 e. The molecule has 0 aliphatic carbocycles. The molecule has 27 heavy (non-hydrogen) atoms. The predicted molar refractivity (Wildman–Crippen MR) is 93.0 cm³/mol. The van der Waals surface area contributed by atoms with Gasteiger partial charge >= 0.3 is 12.6 Å². The van der Waals surface area contributed by atoms with E-state index in [0.717, 1.165) is 0 Å². The highest BCUT2D eigenvalue weighted by Crippen LogP contribution is 2.22. The summed E-state index contributed by atoms with van der Waals surface area (Å²) in [5, 5.41) is 2.51. The lowest BCUT2D eigenvalue weighted by Gasteiger charge is -2.16. The van der Waals surface area contributed by atoms with E-state index in [9.17, 15) is 23.2 Å². The standard InChI is InChI=1S/C19H17F2NO5/c1-11(23)13-7-3-5-9-15(13)22-17(24)12(2)26-18(25)14-8-4-6-10-16(14)27-19(20)21/h3-10,12,19H,1-2H3,(H,22,24)/t12-/m0/s1. The molecule has 0 saturated carbocycles. The van der Waals surface area contributed by atoms with Gasteiger partial charge in [0.25, 0.3) is 5.91 Å². The van der Waals surface area contributed by atoms with Crippen molar-refractivity contribution in [2.45, 2.75) is 26.6 Å². The van der Waals surface area contributed by atoms with Crippen LogP contribution in [0.25, 0.3) is 0 Å². The highest BCUT2D eigenvalue weighted by molar-refractivity contribution is 6.05. The van der Waals surface area contributed by atoms with Gasteiger partial charge in [0, 0.05) is 5.56 Å². The maximum Gasteiger partial charge on any atom is 0.387 e. The number of hydrogen-bond acceptors (Lipinski definition) is 5. The number of ether oxygens (including phenoxy) is 2. The summed E-state index contributed by atoms with van der Waals surface area (Å²) >= 11 is 0. The Bertz CT molecular complexity index is 853. The fraction of sp³-hybridized carbons (Fsp3) is 0.211. The highest BCUT2D eigenvalue weighted by Gasteiger charge is 2.23. The molecule has 142 valence electrons. The summed E-state index contributed by atoms with van der Waals surface area (Å²) in [6.07, 6.45) is -1.24. The number of para-hydroxylation sites is 2. The minimum Gasteiger partial charge on any atom is -0.449 e. The van der Waals surface area contributed by atoms with Crippen molar-refractivity contribution in [2.24, 2.45) is 0 Å². The number of nitrogens with one attached hydrogen (secondary N) is 1. The molecule has 2 aromatic rings. The zero-order valence-corrected chi connectivity index (χ0v) is 14.6. The van der Waals surface area contributed by atoms with Crippen LogP contribution in [0.4, 0.5) is 14.5 Å². The number of amides is 1. The maximum absolute atomic E-state index is 12.4. The lowest BCUT2D eigenvalue weighted by molar-refractivity contribution is -0.123. The summed E-state index contributed by atoms with van der Waals surface area (Å²) in [6, 6.07) is 11.7. The fourth-order valence-electron chi connectivity index (χ4n) is 2.25. The zero-order chi connectivity index (χ0) is 20.0. The van der Waals surface area contributed by atoms with Crippen molar-refractivity contribution in [1.82, 2.24) is 0 Å². The van der Waals surface area contributed by atoms with E-state index in [4.69, 9.17) is 4.74 Å². The zero-order valence-electron chi connectivity index (χ0n) is 14.6. The number of alkyl halides is 2. The Labute approximate surface area is 154 Å². The van der Waals surface area contributed by atoms with Crippen LogP contribution in [0.1, 0.15) is 34.6 Å². The Hall–Kier alpha value is -3.29. The number of ketones is 1. The number of halogens is 2. The van der Waals surface area contributed by atoms with E-state index in [-0.39, 0.29) is 22.8 Å². The van der Waals surface area contributed by atoms with Crippen molar-refractivity contribution in [3.63, 3.8) is 0 Å². The Balaban J connectivity index is 2.09. The third-order valence-corrected chi connectivity index (χ3v) is 3.54. The van der Waals surface area contributed by atoms with Gasteiger partial charge in [0.15, 0.2) is 11.9 Å². The third kappa shape index (κ3) is 5.34. The average Bonchev–Trinajstić information content (AvgIpc) is 2.61. The number of carbonyl (C=O) groups is 3. The molecule has 1 N–H and O–H groups in total. The number of anilines is 1.